The number of nitrogens with zero attached hydrogens (tertiary/aromatic N) is 3. The summed E-state index contributed by atoms with van der Waals surface area (Å²) in [6.45, 7) is 0.348. The fourth-order valence-corrected chi connectivity index (χ4v) is 4.27. The van der Waals surface area contributed by atoms with Gasteiger partial charge in [0.1, 0.15) is 16.8 Å². The van der Waals surface area contributed by atoms with Crippen LogP contribution in [0.15, 0.2) is 83.9 Å². The van der Waals surface area contributed by atoms with Crippen molar-refractivity contribution in [3.63, 3.8) is 0 Å². The summed E-state index contributed by atoms with van der Waals surface area (Å²) in [6, 6.07) is 19.9. The Hall–Kier alpha value is -4.07. The van der Waals surface area contributed by atoms with Gasteiger partial charge >= 0.3 is 6.18 Å². The Kier molecular flexibility index (Phi) is 5.36. The zero-order chi connectivity index (χ0) is 23.9. The zero-order valence-corrected chi connectivity index (χ0v) is 18.2. The maximum atomic E-state index is 13.6. The molecule has 0 atom stereocenters. The first-order valence-electron chi connectivity index (χ1n) is 10.6. The minimum Gasteiger partial charge on any atom is -0.496 e. The van der Waals surface area contributed by atoms with E-state index in [2.05, 4.69) is 4.98 Å². The molecule has 2 heterocycles. The molecule has 0 unspecified atom stereocenters. The average molecular weight is 463 g/mol. The lowest BCUT2D eigenvalue weighted by atomic mass is 10.1. The summed E-state index contributed by atoms with van der Waals surface area (Å²) in [5.41, 5.74) is 1.84. The molecule has 0 aliphatic heterocycles. The number of fused-ring (bicyclic) bond motifs is 3. The Labute approximate surface area is 192 Å². The van der Waals surface area contributed by atoms with Crippen molar-refractivity contribution >= 4 is 21.9 Å². The van der Waals surface area contributed by atoms with Gasteiger partial charge in [-0.05, 0) is 29.8 Å². The van der Waals surface area contributed by atoms with Crippen LogP contribution in [0.5, 0.6) is 5.75 Å². The van der Waals surface area contributed by atoms with E-state index in [4.69, 9.17) is 4.74 Å². The second-order valence-electron chi connectivity index (χ2n) is 7.99. The Balaban J connectivity index is 1.68. The van der Waals surface area contributed by atoms with Gasteiger partial charge in [0.15, 0.2) is 0 Å². The van der Waals surface area contributed by atoms with Crippen molar-refractivity contribution in [1.82, 2.24) is 14.1 Å². The van der Waals surface area contributed by atoms with Crippen LogP contribution < -0.4 is 10.3 Å². The molecule has 5 aromatic rings. The molecule has 0 aliphatic carbocycles. The molecule has 0 aliphatic rings. The number of rotatable bonds is 5. The van der Waals surface area contributed by atoms with Crippen LogP contribution >= 0.6 is 0 Å². The number of alkyl halides is 3. The smallest absolute Gasteiger partial charge is 0.416 e. The van der Waals surface area contributed by atoms with Crippen LogP contribution in [0.1, 0.15) is 16.7 Å². The van der Waals surface area contributed by atoms with E-state index in [-0.39, 0.29) is 18.6 Å². The molecule has 2 aromatic heterocycles. The molecule has 0 bridgehead atoms. The predicted octanol–water partition coefficient (Wildman–Crippen LogP) is 5.48. The first-order chi connectivity index (χ1) is 16.4. The lowest BCUT2D eigenvalue weighted by molar-refractivity contribution is -0.137. The normalized spacial score (nSPS) is 11.9. The second kappa shape index (κ2) is 8.37. The summed E-state index contributed by atoms with van der Waals surface area (Å²) < 4.78 is 48.4. The molecule has 34 heavy (non-hydrogen) atoms. The minimum atomic E-state index is -4.44. The molecule has 172 valence electrons. The molecule has 3 aromatic carbocycles. The largest absolute Gasteiger partial charge is 0.496 e. The standard InChI is InChI=1S/C26H20F3N3O2/c1-34-22-12-5-2-8-18(22)15-31-16-30-23-20-10-3-4-11-21(20)32(24(23)25(31)33)14-17-7-6-9-19(13-17)26(27,28)29/h2-13,16H,14-15H2,1H3. The molecule has 0 radical (unpaired) electrons. The molecular formula is C26H20F3N3O2. The zero-order valence-electron chi connectivity index (χ0n) is 18.2. The highest BCUT2D eigenvalue weighted by Crippen LogP contribution is 2.31. The van der Waals surface area contributed by atoms with Crippen molar-refractivity contribution in [3.8, 4) is 5.75 Å². The number of halogens is 3. The summed E-state index contributed by atoms with van der Waals surface area (Å²) in [6.07, 6.45) is -2.95. The number of hydrogen-bond donors (Lipinski definition) is 0. The minimum absolute atomic E-state index is 0.101. The van der Waals surface area contributed by atoms with Gasteiger partial charge in [-0.1, -0.05) is 48.5 Å². The van der Waals surface area contributed by atoms with E-state index in [0.29, 0.717) is 22.3 Å². The Morgan fingerprint density at radius 3 is 2.50 bits per heavy atom. The van der Waals surface area contributed by atoms with Gasteiger partial charge in [-0.15, -0.1) is 0 Å². The summed E-state index contributed by atoms with van der Waals surface area (Å²) in [5, 5.41) is 0.769. The van der Waals surface area contributed by atoms with E-state index in [1.165, 1.54) is 17.0 Å². The molecule has 0 fully saturated rings. The highest BCUT2D eigenvalue weighted by molar-refractivity contribution is 6.05. The first kappa shape index (κ1) is 21.8. The lowest BCUT2D eigenvalue weighted by Crippen LogP contribution is -2.23. The maximum absolute atomic E-state index is 13.6. The average Bonchev–Trinajstić information content (AvgIpc) is 3.15. The molecule has 8 heteroatoms. The predicted molar refractivity (Wildman–Crippen MR) is 124 cm³/mol. The number of benzene rings is 3. The van der Waals surface area contributed by atoms with Crippen LogP contribution in [-0.2, 0) is 19.3 Å². The monoisotopic (exact) mass is 463 g/mol. The summed E-state index contributed by atoms with van der Waals surface area (Å²) in [5.74, 6) is 0.652. The van der Waals surface area contributed by atoms with Gasteiger partial charge in [-0.3, -0.25) is 9.36 Å². The Bertz CT molecular complexity index is 1570. The maximum Gasteiger partial charge on any atom is 0.416 e. The molecular weight excluding hydrogens is 443 g/mol. The van der Waals surface area contributed by atoms with Gasteiger partial charge in [0.25, 0.3) is 5.56 Å². The lowest BCUT2D eigenvalue weighted by Gasteiger charge is -2.12. The number of ether oxygens (including phenoxy) is 1. The van der Waals surface area contributed by atoms with Crippen LogP contribution in [0.4, 0.5) is 13.2 Å². The van der Waals surface area contributed by atoms with E-state index < -0.39 is 11.7 Å². The van der Waals surface area contributed by atoms with Gasteiger partial charge in [-0.25, -0.2) is 4.98 Å². The third-order valence-electron chi connectivity index (χ3n) is 5.86. The molecule has 5 nitrogen and oxygen atoms in total. The molecule has 0 saturated heterocycles. The molecule has 0 N–H and O–H groups in total. The number of hydrogen-bond acceptors (Lipinski definition) is 3. The topological polar surface area (TPSA) is 49.0 Å². The molecule has 0 amide bonds. The SMILES string of the molecule is COc1ccccc1Cn1cnc2c3ccccc3n(Cc3cccc(C(F)(F)F)c3)c2c1=O. The molecule has 5 rings (SSSR count). The van der Waals surface area contributed by atoms with Crippen LogP contribution in [0.2, 0.25) is 0 Å². The van der Waals surface area contributed by atoms with E-state index >= 15 is 0 Å². The fourth-order valence-electron chi connectivity index (χ4n) is 4.27. The second-order valence-corrected chi connectivity index (χ2v) is 7.99. The highest BCUT2D eigenvalue weighted by Gasteiger charge is 2.30. The number of methoxy groups -OCH3 is 1. The van der Waals surface area contributed by atoms with E-state index in [0.717, 1.165) is 28.6 Å². The van der Waals surface area contributed by atoms with Crippen LogP contribution in [0.3, 0.4) is 0 Å². The van der Waals surface area contributed by atoms with Gasteiger partial charge in [0, 0.05) is 17.5 Å². The Morgan fingerprint density at radius 1 is 0.941 bits per heavy atom. The summed E-state index contributed by atoms with van der Waals surface area (Å²) in [7, 11) is 1.57. The Morgan fingerprint density at radius 2 is 1.71 bits per heavy atom. The fraction of sp³-hybridized carbons (Fsp3) is 0.154. The van der Waals surface area contributed by atoms with Crippen LogP contribution in [-0.4, -0.2) is 21.2 Å². The van der Waals surface area contributed by atoms with Crippen molar-refractivity contribution in [2.45, 2.75) is 19.3 Å². The van der Waals surface area contributed by atoms with Crippen molar-refractivity contribution < 1.29 is 17.9 Å². The van der Waals surface area contributed by atoms with Crippen molar-refractivity contribution in [1.29, 1.82) is 0 Å². The van der Waals surface area contributed by atoms with Crippen molar-refractivity contribution in [2.75, 3.05) is 7.11 Å². The van der Waals surface area contributed by atoms with E-state index in [1.807, 2.05) is 48.5 Å². The van der Waals surface area contributed by atoms with Crippen LogP contribution in [0.25, 0.3) is 21.9 Å². The quantitative estimate of drug-likeness (QED) is 0.347. The molecule has 0 saturated carbocycles. The third kappa shape index (κ3) is 3.81. The summed E-state index contributed by atoms with van der Waals surface area (Å²) in [4.78, 5) is 18.2. The summed E-state index contributed by atoms with van der Waals surface area (Å²) >= 11 is 0. The van der Waals surface area contributed by atoms with Crippen molar-refractivity contribution in [2.24, 2.45) is 0 Å². The number of para-hydroxylation sites is 2. The number of aromatic nitrogens is 3. The van der Waals surface area contributed by atoms with E-state index in [9.17, 15) is 18.0 Å². The third-order valence-corrected chi connectivity index (χ3v) is 5.86. The highest BCUT2D eigenvalue weighted by atomic mass is 19.4. The molecule has 0 spiro atoms. The van der Waals surface area contributed by atoms with Gasteiger partial charge in [0.2, 0.25) is 0 Å². The van der Waals surface area contributed by atoms with Gasteiger partial charge in [0.05, 0.1) is 31.1 Å². The van der Waals surface area contributed by atoms with Gasteiger partial charge in [-0.2, -0.15) is 13.2 Å². The van der Waals surface area contributed by atoms with Crippen LogP contribution in [0, 0.1) is 0 Å². The van der Waals surface area contributed by atoms with Gasteiger partial charge < -0.3 is 9.30 Å². The van der Waals surface area contributed by atoms with Crippen molar-refractivity contribution in [3.05, 3.63) is 106 Å². The first-order valence-corrected chi connectivity index (χ1v) is 10.6. The van der Waals surface area contributed by atoms with E-state index in [1.54, 1.807) is 17.7 Å².